The Morgan fingerprint density at radius 2 is 1.78 bits per heavy atom. The van der Waals surface area contributed by atoms with Crippen molar-refractivity contribution >= 4 is 11.7 Å². The average Bonchev–Trinajstić information content (AvgIpc) is 3.01. The summed E-state index contributed by atoms with van der Waals surface area (Å²) in [5.41, 5.74) is 5.39. The molecule has 170 valence electrons. The Hall–Kier alpha value is -2.47. The van der Waals surface area contributed by atoms with Gasteiger partial charge in [-0.15, -0.1) is 0 Å². The number of piperidine rings is 1. The summed E-state index contributed by atoms with van der Waals surface area (Å²) in [7, 11) is 1.64. The van der Waals surface area contributed by atoms with Gasteiger partial charge in [-0.1, -0.05) is 24.6 Å². The number of carbonyl (C=O) groups is 1. The molecule has 1 aromatic heterocycles. The number of hydrogen-bond donors (Lipinski definition) is 1. The molecule has 3 aliphatic rings. The fourth-order valence-corrected chi connectivity index (χ4v) is 5.43. The molecule has 0 atom stereocenters. The van der Waals surface area contributed by atoms with E-state index in [-0.39, 0.29) is 12.3 Å². The standard InChI is InChI=1S/C26H35N5O/c1-27-26(32)16-23-17-29-25(18-28-23)31-13-8-20(9-14-31)21-6-5-19-7-11-30(24-3-2-4-24)12-10-22(19)15-21/h5-6,15,17-18,20,24H,2-4,7-14,16H2,1H3,(H,27,32). The molecule has 1 saturated heterocycles. The van der Waals surface area contributed by atoms with Crippen LogP contribution in [-0.4, -0.2) is 60.0 Å². The van der Waals surface area contributed by atoms with Gasteiger partial charge in [0.2, 0.25) is 5.91 Å². The number of aromatic nitrogens is 2. The summed E-state index contributed by atoms with van der Waals surface area (Å²) in [6, 6.07) is 8.19. The molecule has 0 radical (unpaired) electrons. The van der Waals surface area contributed by atoms with Gasteiger partial charge in [-0.25, -0.2) is 4.98 Å². The first-order valence-corrected chi connectivity index (χ1v) is 12.3. The second-order valence-electron chi connectivity index (χ2n) is 9.63. The van der Waals surface area contributed by atoms with Crippen LogP contribution in [0.1, 0.15) is 60.4 Å². The van der Waals surface area contributed by atoms with Crippen LogP contribution in [0.15, 0.2) is 30.6 Å². The second kappa shape index (κ2) is 9.57. The zero-order valence-electron chi connectivity index (χ0n) is 19.2. The van der Waals surface area contributed by atoms with E-state index in [1.54, 1.807) is 24.4 Å². The van der Waals surface area contributed by atoms with E-state index in [0.29, 0.717) is 11.6 Å². The van der Waals surface area contributed by atoms with Crippen molar-refractivity contribution in [1.82, 2.24) is 20.2 Å². The van der Waals surface area contributed by atoms with Crippen LogP contribution in [0.2, 0.25) is 0 Å². The number of fused-ring (bicyclic) bond motifs is 1. The zero-order chi connectivity index (χ0) is 21.9. The van der Waals surface area contributed by atoms with Crippen LogP contribution < -0.4 is 10.2 Å². The largest absolute Gasteiger partial charge is 0.359 e. The maximum Gasteiger partial charge on any atom is 0.225 e. The van der Waals surface area contributed by atoms with Gasteiger partial charge in [-0.05, 0) is 61.1 Å². The smallest absolute Gasteiger partial charge is 0.225 e. The van der Waals surface area contributed by atoms with Gasteiger partial charge in [0.1, 0.15) is 5.82 Å². The molecule has 3 heterocycles. The fourth-order valence-electron chi connectivity index (χ4n) is 5.43. The van der Waals surface area contributed by atoms with E-state index < -0.39 is 0 Å². The third-order valence-electron chi connectivity index (χ3n) is 7.76. The number of hydrogen-bond acceptors (Lipinski definition) is 5. The lowest BCUT2D eigenvalue weighted by Crippen LogP contribution is -2.41. The molecule has 32 heavy (non-hydrogen) atoms. The summed E-state index contributed by atoms with van der Waals surface area (Å²) >= 11 is 0. The van der Waals surface area contributed by atoms with E-state index in [1.807, 2.05) is 6.20 Å². The third-order valence-corrected chi connectivity index (χ3v) is 7.76. The lowest BCUT2D eigenvalue weighted by Gasteiger charge is -2.36. The third kappa shape index (κ3) is 4.65. The number of nitrogens with zero attached hydrogens (tertiary/aromatic N) is 4. The number of nitrogens with one attached hydrogen (secondary N) is 1. The Labute approximate surface area is 191 Å². The van der Waals surface area contributed by atoms with Gasteiger partial charge in [0.15, 0.2) is 0 Å². The molecule has 1 aliphatic carbocycles. The molecule has 2 aromatic rings. The quantitative estimate of drug-likeness (QED) is 0.785. The van der Waals surface area contributed by atoms with Crippen LogP contribution in [-0.2, 0) is 24.1 Å². The highest BCUT2D eigenvalue weighted by molar-refractivity contribution is 5.77. The maximum absolute atomic E-state index is 11.5. The monoisotopic (exact) mass is 433 g/mol. The number of likely N-dealkylation sites (N-methyl/N-ethyl adjacent to an activating group) is 1. The molecule has 1 amide bonds. The highest BCUT2D eigenvalue weighted by atomic mass is 16.1. The van der Waals surface area contributed by atoms with Gasteiger partial charge in [-0.2, -0.15) is 0 Å². The van der Waals surface area contributed by atoms with Crippen molar-refractivity contribution in [3.63, 3.8) is 0 Å². The van der Waals surface area contributed by atoms with Gasteiger partial charge >= 0.3 is 0 Å². The molecule has 1 aromatic carbocycles. The predicted molar refractivity (Wildman–Crippen MR) is 127 cm³/mol. The van der Waals surface area contributed by atoms with E-state index in [1.165, 1.54) is 50.8 Å². The number of anilines is 1. The van der Waals surface area contributed by atoms with Crippen LogP contribution in [0.25, 0.3) is 0 Å². The Morgan fingerprint density at radius 1 is 1.00 bits per heavy atom. The van der Waals surface area contributed by atoms with E-state index >= 15 is 0 Å². The molecule has 1 saturated carbocycles. The Bertz CT molecular complexity index is 932. The fraction of sp³-hybridized carbons (Fsp3) is 0.577. The molecule has 6 nitrogen and oxygen atoms in total. The first kappa shape index (κ1) is 21.4. The minimum atomic E-state index is -0.0376. The van der Waals surface area contributed by atoms with Gasteiger partial charge in [-0.3, -0.25) is 14.7 Å². The number of benzene rings is 1. The van der Waals surface area contributed by atoms with E-state index in [4.69, 9.17) is 0 Å². The van der Waals surface area contributed by atoms with Crippen LogP contribution in [0.5, 0.6) is 0 Å². The molecule has 0 unspecified atom stereocenters. The molecule has 5 rings (SSSR count). The van der Waals surface area contributed by atoms with E-state index in [0.717, 1.165) is 37.8 Å². The summed E-state index contributed by atoms with van der Waals surface area (Å²) < 4.78 is 0. The first-order chi connectivity index (χ1) is 15.7. The van der Waals surface area contributed by atoms with Gasteiger partial charge in [0.05, 0.1) is 24.5 Å². The van der Waals surface area contributed by atoms with Crippen molar-refractivity contribution in [3.8, 4) is 0 Å². The first-order valence-electron chi connectivity index (χ1n) is 12.3. The summed E-state index contributed by atoms with van der Waals surface area (Å²) in [5, 5.41) is 2.63. The Balaban J connectivity index is 1.18. The number of amides is 1. The summed E-state index contributed by atoms with van der Waals surface area (Å²) in [4.78, 5) is 25.6. The highest BCUT2D eigenvalue weighted by Crippen LogP contribution is 2.32. The molecule has 1 N–H and O–H groups in total. The SMILES string of the molecule is CNC(=O)Cc1cnc(N2CCC(c3ccc4c(c3)CCN(C3CCC3)CC4)CC2)cn1. The van der Waals surface area contributed by atoms with Gasteiger partial charge < -0.3 is 10.2 Å². The number of carbonyl (C=O) groups excluding carboxylic acids is 1. The Kier molecular flexibility index (Phi) is 6.39. The lowest BCUT2D eigenvalue weighted by atomic mass is 9.87. The van der Waals surface area contributed by atoms with Crippen LogP contribution >= 0.6 is 0 Å². The molecule has 0 spiro atoms. The summed E-state index contributed by atoms with van der Waals surface area (Å²) in [5.74, 6) is 1.51. The van der Waals surface area contributed by atoms with Crippen molar-refractivity contribution in [2.75, 3.05) is 38.1 Å². The van der Waals surface area contributed by atoms with Crippen molar-refractivity contribution in [2.45, 2.75) is 63.3 Å². The van der Waals surface area contributed by atoms with Crippen molar-refractivity contribution in [1.29, 1.82) is 0 Å². The molecule has 2 aliphatic heterocycles. The Morgan fingerprint density at radius 3 is 2.44 bits per heavy atom. The minimum Gasteiger partial charge on any atom is -0.359 e. The normalized spacial score (nSPS) is 20.3. The van der Waals surface area contributed by atoms with Crippen molar-refractivity contribution in [2.24, 2.45) is 0 Å². The van der Waals surface area contributed by atoms with E-state index in [2.05, 4.69) is 43.3 Å². The van der Waals surface area contributed by atoms with Gasteiger partial charge in [0.25, 0.3) is 0 Å². The summed E-state index contributed by atoms with van der Waals surface area (Å²) in [6.07, 6.45) is 12.8. The molecule has 0 bridgehead atoms. The second-order valence-corrected chi connectivity index (χ2v) is 9.63. The molecular formula is C26H35N5O. The van der Waals surface area contributed by atoms with Crippen LogP contribution in [0.4, 0.5) is 5.82 Å². The van der Waals surface area contributed by atoms with Gasteiger partial charge in [0, 0.05) is 39.3 Å². The minimum absolute atomic E-state index is 0.0376. The molecule has 2 fully saturated rings. The number of rotatable bonds is 5. The average molecular weight is 434 g/mol. The predicted octanol–water partition coefficient (Wildman–Crippen LogP) is 3.10. The summed E-state index contributed by atoms with van der Waals surface area (Å²) in [6.45, 7) is 4.47. The highest BCUT2D eigenvalue weighted by Gasteiger charge is 2.27. The topological polar surface area (TPSA) is 61.4 Å². The van der Waals surface area contributed by atoms with Crippen LogP contribution in [0, 0.1) is 0 Å². The lowest BCUT2D eigenvalue weighted by molar-refractivity contribution is -0.120. The molecule has 6 heteroatoms. The van der Waals surface area contributed by atoms with E-state index in [9.17, 15) is 4.79 Å². The zero-order valence-corrected chi connectivity index (χ0v) is 19.2. The molecular weight excluding hydrogens is 398 g/mol. The maximum atomic E-state index is 11.5. The van der Waals surface area contributed by atoms with Crippen molar-refractivity contribution < 1.29 is 4.79 Å². The van der Waals surface area contributed by atoms with Crippen molar-refractivity contribution in [3.05, 3.63) is 53.0 Å². The van der Waals surface area contributed by atoms with Crippen LogP contribution in [0.3, 0.4) is 0 Å².